The van der Waals surface area contributed by atoms with Crippen LogP contribution in [0.5, 0.6) is 0 Å². The highest BCUT2D eigenvalue weighted by atomic mass is 35.5. The average Bonchev–Trinajstić information content (AvgIpc) is 2.77. The van der Waals surface area contributed by atoms with Crippen LogP contribution in [-0.4, -0.2) is 21.4 Å². The molecule has 0 aromatic heterocycles. The van der Waals surface area contributed by atoms with Crippen molar-refractivity contribution in [1.29, 1.82) is 5.26 Å². The van der Waals surface area contributed by atoms with Crippen LogP contribution in [-0.2, 0) is 16.6 Å². The van der Waals surface area contributed by atoms with Crippen molar-refractivity contribution < 1.29 is 13.2 Å². The van der Waals surface area contributed by atoms with Gasteiger partial charge in [0.1, 0.15) is 0 Å². The first-order chi connectivity index (χ1) is 14.3. The number of nitriles is 1. The summed E-state index contributed by atoms with van der Waals surface area (Å²) in [5, 5.41) is 11.8. The standard InChI is InChI=1S/C22H18ClN3O3S/c1-26(18-8-3-2-4-9-18)30(28,29)19-10-11-21(23)20(13-19)22(27)25-15-17-7-5-6-16(12-17)14-24/h2-13H,15H2,1H3,(H,25,27). The van der Waals surface area contributed by atoms with Crippen molar-refractivity contribution in [3.8, 4) is 6.07 Å². The van der Waals surface area contributed by atoms with Crippen LogP contribution in [0.25, 0.3) is 0 Å². The van der Waals surface area contributed by atoms with Crippen LogP contribution >= 0.6 is 11.6 Å². The summed E-state index contributed by atoms with van der Waals surface area (Å²) in [5.41, 5.74) is 1.77. The van der Waals surface area contributed by atoms with E-state index in [4.69, 9.17) is 16.9 Å². The molecule has 0 radical (unpaired) electrons. The topological polar surface area (TPSA) is 90.3 Å². The van der Waals surface area contributed by atoms with E-state index in [0.29, 0.717) is 11.3 Å². The third-order valence-electron chi connectivity index (χ3n) is 4.47. The van der Waals surface area contributed by atoms with Gasteiger partial charge in [-0.05, 0) is 48.0 Å². The number of sulfonamides is 1. The second-order valence-electron chi connectivity index (χ2n) is 6.44. The maximum atomic E-state index is 13.0. The molecular weight excluding hydrogens is 422 g/mol. The van der Waals surface area contributed by atoms with Crippen molar-refractivity contribution in [1.82, 2.24) is 5.32 Å². The largest absolute Gasteiger partial charge is 0.348 e. The van der Waals surface area contributed by atoms with Gasteiger partial charge in [-0.3, -0.25) is 9.10 Å². The average molecular weight is 440 g/mol. The van der Waals surface area contributed by atoms with Crippen molar-refractivity contribution in [3.63, 3.8) is 0 Å². The molecule has 30 heavy (non-hydrogen) atoms. The summed E-state index contributed by atoms with van der Waals surface area (Å²) < 4.78 is 27.1. The van der Waals surface area contributed by atoms with Crippen LogP contribution in [0.2, 0.25) is 5.02 Å². The summed E-state index contributed by atoms with van der Waals surface area (Å²) in [6, 6.07) is 21.5. The van der Waals surface area contributed by atoms with Crippen molar-refractivity contribution in [2.24, 2.45) is 0 Å². The monoisotopic (exact) mass is 439 g/mol. The van der Waals surface area contributed by atoms with Crippen LogP contribution < -0.4 is 9.62 Å². The summed E-state index contributed by atoms with van der Waals surface area (Å²) in [7, 11) is -2.44. The molecular formula is C22H18ClN3O3S. The van der Waals surface area contributed by atoms with Gasteiger partial charge >= 0.3 is 0 Å². The molecule has 0 aliphatic carbocycles. The van der Waals surface area contributed by atoms with Gasteiger partial charge in [-0.2, -0.15) is 5.26 Å². The third-order valence-corrected chi connectivity index (χ3v) is 6.58. The number of carbonyl (C=O) groups excluding carboxylic acids is 1. The van der Waals surface area contributed by atoms with Gasteiger partial charge in [0.15, 0.2) is 0 Å². The fourth-order valence-corrected chi connectivity index (χ4v) is 4.23. The Morgan fingerprint density at radius 1 is 1.07 bits per heavy atom. The van der Waals surface area contributed by atoms with Gasteiger partial charge in [-0.15, -0.1) is 0 Å². The highest BCUT2D eigenvalue weighted by Crippen LogP contribution is 2.25. The minimum Gasteiger partial charge on any atom is -0.348 e. The predicted molar refractivity (Wildman–Crippen MR) is 116 cm³/mol. The van der Waals surface area contributed by atoms with Gasteiger partial charge < -0.3 is 5.32 Å². The number of benzene rings is 3. The van der Waals surface area contributed by atoms with Gasteiger partial charge in [0.2, 0.25) is 0 Å². The zero-order valence-corrected chi connectivity index (χ0v) is 17.6. The lowest BCUT2D eigenvalue weighted by molar-refractivity contribution is 0.0951. The number of para-hydroxylation sites is 1. The molecule has 0 fully saturated rings. The number of nitrogens with zero attached hydrogens (tertiary/aromatic N) is 2. The summed E-state index contributed by atoms with van der Waals surface area (Å²) >= 11 is 6.15. The van der Waals surface area contributed by atoms with E-state index in [1.54, 1.807) is 54.6 Å². The highest BCUT2D eigenvalue weighted by molar-refractivity contribution is 7.92. The quantitative estimate of drug-likeness (QED) is 0.629. The first kappa shape index (κ1) is 21.4. The number of amides is 1. The minimum absolute atomic E-state index is 0.0464. The lowest BCUT2D eigenvalue weighted by Gasteiger charge is -2.20. The minimum atomic E-state index is -3.88. The maximum absolute atomic E-state index is 13.0. The Hall–Kier alpha value is -3.34. The number of hydrogen-bond acceptors (Lipinski definition) is 4. The molecule has 0 saturated heterocycles. The van der Waals surface area contributed by atoms with E-state index in [1.807, 2.05) is 6.07 Å². The molecule has 3 aromatic rings. The van der Waals surface area contributed by atoms with Gasteiger partial charge in [0, 0.05) is 13.6 Å². The van der Waals surface area contributed by atoms with Gasteiger partial charge in [-0.1, -0.05) is 41.9 Å². The molecule has 3 aromatic carbocycles. The van der Waals surface area contributed by atoms with Crippen LogP contribution in [0.3, 0.4) is 0 Å². The van der Waals surface area contributed by atoms with Crippen molar-refractivity contribution >= 4 is 33.2 Å². The molecule has 0 saturated carbocycles. The molecule has 0 spiro atoms. The third kappa shape index (κ3) is 4.62. The van der Waals surface area contributed by atoms with Gasteiger partial charge in [-0.25, -0.2) is 8.42 Å². The Labute approximate surface area is 180 Å². The summed E-state index contributed by atoms with van der Waals surface area (Å²) in [4.78, 5) is 12.6. The van der Waals surface area contributed by atoms with Crippen LogP contribution in [0.15, 0.2) is 77.7 Å². The molecule has 3 rings (SSSR count). The van der Waals surface area contributed by atoms with E-state index in [1.165, 1.54) is 25.2 Å². The molecule has 6 nitrogen and oxygen atoms in total. The van der Waals surface area contributed by atoms with Crippen LogP contribution in [0, 0.1) is 11.3 Å². The number of hydrogen-bond donors (Lipinski definition) is 1. The molecule has 0 aliphatic heterocycles. The number of anilines is 1. The Balaban J connectivity index is 1.84. The normalized spacial score (nSPS) is 10.8. The van der Waals surface area contributed by atoms with Crippen LogP contribution in [0.4, 0.5) is 5.69 Å². The fraction of sp³-hybridized carbons (Fsp3) is 0.0909. The summed E-state index contributed by atoms with van der Waals surface area (Å²) in [6.45, 7) is 0.172. The molecule has 0 unspecified atom stereocenters. The van der Waals surface area contributed by atoms with Crippen molar-refractivity contribution in [2.75, 3.05) is 11.4 Å². The van der Waals surface area contributed by atoms with E-state index in [0.717, 1.165) is 9.87 Å². The number of rotatable bonds is 6. The SMILES string of the molecule is CN(c1ccccc1)S(=O)(=O)c1ccc(Cl)c(C(=O)NCc2cccc(C#N)c2)c1. The molecule has 0 atom stereocenters. The van der Waals surface area contributed by atoms with E-state index in [2.05, 4.69) is 5.32 Å². The maximum Gasteiger partial charge on any atom is 0.264 e. The fourth-order valence-electron chi connectivity index (χ4n) is 2.80. The Morgan fingerprint density at radius 2 is 1.80 bits per heavy atom. The second kappa shape index (κ2) is 8.99. The van der Waals surface area contributed by atoms with Gasteiger partial charge in [0.25, 0.3) is 15.9 Å². The number of nitrogens with one attached hydrogen (secondary N) is 1. The molecule has 0 bridgehead atoms. The second-order valence-corrected chi connectivity index (χ2v) is 8.82. The Bertz CT molecular complexity index is 1220. The van der Waals surface area contributed by atoms with E-state index in [-0.39, 0.29) is 22.0 Å². The van der Waals surface area contributed by atoms with E-state index in [9.17, 15) is 13.2 Å². The molecule has 8 heteroatoms. The van der Waals surface area contributed by atoms with Gasteiger partial charge in [0.05, 0.1) is 32.8 Å². The summed E-state index contributed by atoms with van der Waals surface area (Å²) in [6.07, 6.45) is 0. The Morgan fingerprint density at radius 3 is 2.50 bits per heavy atom. The lowest BCUT2D eigenvalue weighted by atomic mass is 10.1. The molecule has 1 N–H and O–H groups in total. The predicted octanol–water partition coefficient (Wildman–Crippen LogP) is 3.97. The van der Waals surface area contributed by atoms with E-state index < -0.39 is 15.9 Å². The lowest BCUT2D eigenvalue weighted by Crippen LogP contribution is -2.27. The Kier molecular flexibility index (Phi) is 6.40. The molecule has 1 amide bonds. The first-order valence-electron chi connectivity index (χ1n) is 8.93. The highest BCUT2D eigenvalue weighted by Gasteiger charge is 2.23. The molecule has 0 aliphatic rings. The summed E-state index contributed by atoms with van der Waals surface area (Å²) in [5.74, 6) is -0.512. The first-order valence-corrected chi connectivity index (χ1v) is 10.8. The molecule has 152 valence electrons. The molecule has 0 heterocycles. The van der Waals surface area contributed by atoms with E-state index >= 15 is 0 Å². The zero-order chi connectivity index (χ0) is 21.7. The smallest absolute Gasteiger partial charge is 0.264 e. The zero-order valence-electron chi connectivity index (χ0n) is 16.0. The van der Waals surface area contributed by atoms with Crippen molar-refractivity contribution in [2.45, 2.75) is 11.4 Å². The van der Waals surface area contributed by atoms with Crippen LogP contribution in [0.1, 0.15) is 21.5 Å². The number of halogens is 1. The number of carbonyl (C=O) groups is 1. The van der Waals surface area contributed by atoms with Crippen molar-refractivity contribution in [3.05, 3.63) is 94.5 Å².